The van der Waals surface area contributed by atoms with Crippen LogP contribution in [0.25, 0.3) is 0 Å². The number of carbonyl (C=O) groups is 2. The van der Waals surface area contributed by atoms with Crippen molar-refractivity contribution in [2.45, 2.75) is 53.0 Å². The van der Waals surface area contributed by atoms with E-state index in [-0.39, 0.29) is 11.4 Å². The molecule has 0 saturated heterocycles. The minimum Gasteiger partial charge on any atom is -0.503 e. The number of ketones is 1. The van der Waals surface area contributed by atoms with Gasteiger partial charge in [0.05, 0.1) is 11.6 Å². The number of benzene rings is 1. The molecular weight excluding hydrogens is 342 g/mol. The zero-order valence-electron chi connectivity index (χ0n) is 17.2. The molecule has 0 saturated carbocycles. The van der Waals surface area contributed by atoms with E-state index in [1.807, 2.05) is 24.3 Å². The number of amides is 1. The average Bonchev–Trinajstić information content (AvgIpc) is 2.85. The normalized spacial score (nSPS) is 18.0. The van der Waals surface area contributed by atoms with E-state index < -0.39 is 23.1 Å². The maximum Gasteiger partial charge on any atom is 0.290 e. The summed E-state index contributed by atoms with van der Waals surface area (Å²) in [6.45, 7) is 10.5. The van der Waals surface area contributed by atoms with E-state index in [0.29, 0.717) is 25.5 Å². The second-order valence-corrected chi connectivity index (χ2v) is 8.41. The molecule has 2 rings (SSSR count). The molecule has 1 aliphatic heterocycles. The maximum atomic E-state index is 13.0. The lowest BCUT2D eigenvalue weighted by Gasteiger charge is -2.29. The molecule has 5 heteroatoms. The summed E-state index contributed by atoms with van der Waals surface area (Å²) in [5, 5.41) is 10.5. The molecule has 1 aromatic carbocycles. The van der Waals surface area contributed by atoms with Crippen LogP contribution >= 0.6 is 0 Å². The number of methoxy groups -OCH3 is 1. The Bertz CT molecular complexity index is 726. The summed E-state index contributed by atoms with van der Waals surface area (Å²) in [7, 11) is 1.61. The Morgan fingerprint density at radius 2 is 1.81 bits per heavy atom. The van der Waals surface area contributed by atoms with Crippen LogP contribution in [0.15, 0.2) is 35.6 Å². The first-order chi connectivity index (χ1) is 12.6. The molecule has 0 spiro atoms. The first-order valence-electron chi connectivity index (χ1n) is 9.47. The van der Waals surface area contributed by atoms with Crippen molar-refractivity contribution in [1.29, 1.82) is 0 Å². The molecule has 1 amide bonds. The summed E-state index contributed by atoms with van der Waals surface area (Å²) < 4.78 is 5.09. The van der Waals surface area contributed by atoms with Crippen LogP contribution in [-0.2, 0) is 14.3 Å². The quantitative estimate of drug-likeness (QED) is 0.729. The molecule has 0 radical (unpaired) electrons. The molecule has 1 heterocycles. The van der Waals surface area contributed by atoms with Crippen molar-refractivity contribution in [2.24, 2.45) is 5.41 Å². The van der Waals surface area contributed by atoms with Crippen LogP contribution in [0.3, 0.4) is 0 Å². The van der Waals surface area contributed by atoms with Crippen LogP contribution in [0, 0.1) is 5.41 Å². The van der Waals surface area contributed by atoms with Gasteiger partial charge in [-0.05, 0) is 23.5 Å². The van der Waals surface area contributed by atoms with E-state index in [9.17, 15) is 14.7 Å². The monoisotopic (exact) mass is 373 g/mol. The molecule has 1 atom stereocenters. The number of hydrogen-bond acceptors (Lipinski definition) is 4. The molecule has 148 valence electrons. The molecule has 27 heavy (non-hydrogen) atoms. The third-order valence-corrected chi connectivity index (χ3v) is 4.90. The number of aliphatic hydroxyl groups excluding tert-OH is 1. The highest BCUT2D eigenvalue weighted by Gasteiger charge is 2.45. The lowest BCUT2D eigenvalue weighted by atomic mass is 9.82. The molecule has 1 unspecified atom stereocenters. The summed E-state index contributed by atoms with van der Waals surface area (Å²) in [6, 6.07) is 7.37. The SMILES string of the molecule is COCCCN1C(=O)C(O)=C(C(=O)C(C)(C)C)C1c1ccc(C(C)C)cc1. The number of ether oxygens (including phenoxy) is 1. The largest absolute Gasteiger partial charge is 0.503 e. The Balaban J connectivity index is 2.48. The lowest BCUT2D eigenvalue weighted by Crippen LogP contribution is -2.34. The Morgan fingerprint density at radius 3 is 2.30 bits per heavy atom. The molecule has 0 bridgehead atoms. The predicted molar refractivity (Wildman–Crippen MR) is 106 cm³/mol. The fourth-order valence-electron chi connectivity index (χ4n) is 3.31. The summed E-state index contributed by atoms with van der Waals surface area (Å²) in [6.07, 6.45) is 0.632. The summed E-state index contributed by atoms with van der Waals surface area (Å²) in [5.74, 6) is -0.732. The van der Waals surface area contributed by atoms with E-state index >= 15 is 0 Å². The number of rotatable bonds is 7. The van der Waals surface area contributed by atoms with Gasteiger partial charge in [-0.15, -0.1) is 0 Å². The Kier molecular flexibility index (Phi) is 6.47. The van der Waals surface area contributed by atoms with Gasteiger partial charge in [0.2, 0.25) is 0 Å². The standard InChI is InChI=1S/C22H31NO4/c1-14(2)15-8-10-16(11-9-15)18-17(20(25)22(3,4)5)19(24)21(26)23(18)12-7-13-27-6/h8-11,14,18,24H,7,12-13H2,1-6H3. The van der Waals surface area contributed by atoms with Gasteiger partial charge >= 0.3 is 0 Å². The molecule has 1 aromatic rings. The third kappa shape index (κ3) is 4.41. The van der Waals surface area contributed by atoms with Crippen LogP contribution < -0.4 is 0 Å². The number of aliphatic hydroxyl groups is 1. The highest BCUT2D eigenvalue weighted by Crippen LogP contribution is 2.41. The summed E-state index contributed by atoms with van der Waals surface area (Å²) in [4.78, 5) is 27.3. The Morgan fingerprint density at radius 1 is 1.22 bits per heavy atom. The first-order valence-corrected chi connectivity index (χ1v) is 9.47. The van der Waals surface area contributed by atoms with Gasteiger partial charge in [-0.3, -0.25) is 9.59 Å². The van der Waals surface area contributed by atoms with Crippen molar-refractivity contribution in [3.05, 3.63) is 46.7 Å². The van der Waals surface area contributed by atoms with Crippen LogP contribution in [-0.4, -0.2) is 42.0 Å². The minimum absolute atomic E-state index is 0.196. The van der Waals surface area contributed by atoms with E-state index in [2.05, 4.69) is 13.8 Å². The average molecular weight is 373 g/mol. The van der Waals surface area contributed by atoms with Gasteiger partial charge in [0.25, 0.3) is 5.91 Å². The topological polar surface area (TPSA) is 66.8 Å². The van der Waals surface area contributed by atoms with E-state index in [1.165, 1.54) is 5.56 Å². The van der Waals surface area contributed by atoms with E-state index in [0.717, 1.165) is 5.56 Å². The molecule has 1 N–H and O–H groups in total. The van der Waals surface area contributed by atoms with Gasteiger partial charge in [-0.2, -0.15) is 0 Å². The van der Waals surface area contributed by atoms with Crippen molar-refractivity contribution in [1.82, 2.24) is 4.90 Å². The van der Waals surface area contributed by atoms with Crippen LogP contribution in [0.4, 0.5) is 0 Å². The first kappa shape index (κ1) is 21.2. The van der Waals surface area contributed by atoms with E-state index in [4.69, 9.17) is 4.74 Å². The summed E-state index contributed by atoms with van der Waals surface area (Å²) >= 11 is 0. The molecule has 0 fully saturated rings. The van der Waals surface area contributed by atoms with Gasteiger partial charge in [0.15, 0.2) is 11.5 Å². The number of nitrogens with zero attached hydrogens (tertiary/aromatic N) is 1. The van der Waals surface area contributed by atoms with Crippen LogP contribution in [0.1, 0.15) is 64.1 Å². The predicted octanol–water partition coefficient (Wildman–Crippen LogP) is 4.16. The fourth-order valence-corrected chi connectivity index (χ4v) is 3.31. The number of carbonyl (C=O) groups excluding carboxylic acids is 2. The minimum atomic E-state index is -0.692. The molecule has 0 aromatic heterocycles. The third-order valence-electron chi connectivity index (χ3n) is 4.90. The van der Waals surface area contributed by atoms with Gasteiger partial charge < -0.3 is 14.7 Å². The highest BCUT2D eigenvalue weighted by molar-refractivity contribution is 6.10. The van der Waals surface area contributed by atoms with E-state index in [1.54, 1.807) is 32.8 Å². The number of Topliss-reactive ketones (excluding diaryl/α,β-unsaturated/α-hetero) is 1. The molecular formula is C22H31NO4. The second-order valence-electron chi connectivity index (χ2n) is 8.41. The van der Waals surface area contributed by atoms with Gasteiger partial charge in [-0.25, -0.2) is 0 Å². The van der Waals surface area contributed by atoms with Crippen LogP contribution in [0.5, 0.6) is 0 Å². The van der Waals surface area contributed by atoms with Crippen molar-refractivity contribution < 1.29 is 19.4 Å². The summed E-state index contributed by atoms with van der Waals surface area (Å²) in [5.41, 5.74) is 1.53. The number of hydrogen-bond donors (Lipinski definition) is 1. The van der Waals surface area contributed by atoms with Crippen LogP contribution in [0.2, 0.25) is 0 Å². The van der Waals surface area contributed by atoms with Crippen molar-refractivity contribution in [3.63, 3.8) is 0 Å². The van der Waals surface area contributed by atoms with Gasteiger partial charge in [-0.1, -0.05) is 58.9 Å². The zero-order chi connectivity index (χ0) is 20.4. The Labute approximate surface area is 162 Å². The molecule has 1 aliphatic rings. The van der Waals surface area contributed by atoms with Crippen molar-refractivity contribution in [3.8, 4) is 0 Å². The van der Waals surface area contributed by atoms with Crippen molar-refractivity contribution in [2.75, 3.05) is 20.3 Å². The molecule has 0 aliphatic carbocycles. The fraction of sp³-hybridized carbons (Fsp3) is 0.545. The second kappa shape index (κ2) is 8.26. The Hall–Kier alpha value is -2.14. The van der Waals surface area contributed by atoms with Gasteiger partial charge in [0, 0.05) is 25.7 Å². The van der Waals surface area contributed by atoms with Crippen molar-refractivity contribution >= 4 is 11.7 Å². The highest BCUT2D eigenvalue weighted by atomic mass is 16.5. The molecule has 5 nitrogen and oxygen atoms in total. The zero-order valence-corrected chi connectivity index (χ0v) is 17.2. The smallest absolute Gasteiger partial charge is 0.290 e. The maximum absolute atomic E-state index is 13.0. The lowest BCUT2D eigenvalue weighted by molar-refractivity contribution is -0.129. The van der Waals surface area contributed by atoms with Gasteiger partial charge in [0.1, 0.15) is 0 Å².